The van der Waals surface area contributed by atoms with Crippen molar-refractivity contribution in [2.24, 2.45) is 5.92 Å². The smallest absolute Gasteiger partial charge is 0.308 e. The van der Waals surface area contributed by atoms with Gasteiger partial charge in [0.25, 0.3) is 0 Å². The van der Waals surface area contributed by atoms with Crippen LogP contribution in [0.3, 0.4) is 0 Å². The van der Waals surface area contributed by atoms with Crippen LogP contribution in [0.2, 0.25) is 0 Å². The standard InChI is InChI=1S/C18H22N2O4/c21-16-4-2-10-20(16)15-7-5-13(6-8-15)11-17(22)19-9-1-3-14(12-19)18(23)24/h5-8,14H,1-4,9-12H2,(H,23,24). The molecule has 2 heterocycles. The van der Waals surface area contributed by atoms with Crippen molar-refractivity contribution in [2.45, 2.75) is 32.1 Å². The highest BCUT2D eigenvalue weighted by Gasteiger charge is 2.28. The van der Waals surface area contributed by atoms with Crippen molar-refractivity contribution < 1.29 is 19.5 Å². The third-order valence-electron chi connectivity index (χ3n) is 4.80. The Bertz CT molecular complexity index is 641. The highest BCUT2D eigenvalue weighted by atomic mass is 16.4. The summed E-state index contributed by atoms with van der Waals surface area (Å²) in [7, 11) is 0. The van der Waals surface area contributed by atoms with Gasteiger partial charge in [0.15, 0.2) is 0 Å². The maximum Gasteiger partial charge on any atom is 0.308 e. The summed E-state index contributed by atoms with van der Waals surface area (Å²) in [4.78, 5) is 38.7. The number of hydrogen-bond donors (Lipinski definition) is 1. The van der Waals surface area contributed by atoms with Crippen LogP contribution in [0.25, 0.3) is 0 Å². The summed E-state index contributed by atoms with van der Waals surface area (Å²) in [6, 6.07) is 7.50. The van der Waals surface area contributed by atoms with Gasteiger partial charge in [-0.25, -0.2) is 0 Å². The minimum absolute atomic E-state index is 0.0362. The molecule has 1 atom stereocenters. The number of carboxylic acid groups (broad SMARTS) is 1. The SMILES string of the molecule is O=C(O)C1CCCN(C(=O)Cc2ccc(N3CCCC3=O)cc2)C1. The Labute approximate surface area is 141 Å². The number of anilines is 1. The molecule has 2 amide bonds. The molecule has 3 rings (SSSR count). The number of hydrogen-bond acceptors (Lipinski definition) is 3. The topological polar surface area (TPSA) is 77.9 Å². The van der Waals surface area contributed by atoms with Crippen molar-refractivity contribution >= 4 is 23.5 Å². The predicted octanol–water partition coefficient (Wildman–Crippen LogP) is 1.68. The average Bonchev–Trinajstić information content (AvgIpc) is 3.01. The van der Waals surface area contributed by atoms with Gasteiger partial charge in [0.2, 0.25) is 11.8 Å². The summed E-state index contributed by atoms with van der Waals surface area (Å²) in [5, 5.41) is 9.11. The molecule has 24 heavy (non-hydrogen) atoms. The van der Waals surface area contributed by atoms with Gasteiger partial charge in [-0.3, -0.25) is 14.4 Å². The summed E-state index contributed by atoms with van der Waals surface area (Å²) in [5.41, 5.74) is 1.76. The quantitative estimate of drug-likeness (QED) is 0.911. The first-order valence-electron chi connectivity index (χ1n) is 8.44. The molecule has 0 aliphatic carbocycles. The Hall–Kier alpha value is -2.37. The Balaban J connectivity index is 1.60. The Morgan fingerprint density at radius 2 is 1.88 bits per heavy atom. The lowest BCUT2D eigenvalue weighted by molar-refractivity contribution is -0.145. The molecule has 1 unspecified atom stereocenters. The molecular weight excluding hydrogens is 308 g/mol. The molecule has 0 aromatic heterocycles. The molecule has 1 aromatic rings. The number of aliphatic carboxylic acids is 1. The van der Waals surface area contributed by atoms with Crippen molar-refractivity contribution in [2.75, 3.05) is 24.5 Å². The predicted molar refractivity (Wildman–Crippen MR) is 88.7 cm³/mol. The van der Waals surface area contributed by atoms with E-state index >= 15 is 0 Å². The first-order valence-corrected chi connectivity index (χ1v) is 8.44. The van der Waals surface area contributed by atoms with Gasteiger partial charge in [-0.1, -0.05) is 12.1 Å². The number of carboxylic acids is 1. The molecule has 6 heteroatoms. The number of carbonyl (C=O) groups is 3. The van der Waals surface area contributed by atoms with Crippen molar-refractivity contribution in [3.63, 3.8) is 0 Å². The number of amides is 2. The second kappa shape index (κ2) is 7.03. The fourth-order valence-electron chi connectivity index (χ4n) is 3.41. The zero-order valence-electron chi connectivity index (χ0n) is 13.6. The first-order chi connectivity index (χ1) is 11.5. The van der Waals surface area contributed by atoms with E-state index in [9.17, 15) is 14.4 Å². The van der Waals surface area contributed by atoms with Crippen LogP contribution in [0, 0.1) is 5.92 Å². The van der Waals surface area contributed by atoms with Crippen LogP contribution in [0.1, 0.15) is 31.2 Å². The van der Waals surface area contributed by atoms with E-state index in [0.29, 0.717) is 25.9 Å². The Morgan fingerprint density at radius 3 is 2.50 bits per heavy atom. The van der Waals surface area contributed by atoms with Gasteiger partial charge in [-0.2, -0.15) is 0 Å². The lowest BCUT2D eigenvalue weighted by Crippen LogP contribution is -2.43. The fraction of sp³-hybridized carbons (Fsp3) is 0.500. The second-order valence-electron chi connectivity index (χ2n) is 6.51. The molecule has 0 spiro atoms. The first kappa shape index (κ1) is 16.5. The Morgan fingerprint density at radius 1 is 1.12 bits per heavy atom. The summed E-state index contributed by atoms with van der Waals surface area (Å²) in [6.45, 7) is 1.68. The van der Waals surface area contributed by atoms with Gasteiger partial charge in [0.05, 0.1) is 12.3 Å². The van der Waals surface area contributed by atoms with Crippen molar-refractivity contribution in [3.8, 4) is 0 Å². The highest BCUT2D eigenvalue weighted by molar-refractivity contribution is 5.95. The summed E-state index contributed by atoms with van der Waals surface area (Å²) in [6.07, 6.45) is 3.12. The fourth-order valence-corrected chi connectivity index (χ4v) is 3.41. The minimum Gasteiger partial charge on any atom is -0.481 e. The minimum atomic E-state index is -0.827. The molecule has 1 aromatic carbocycles. The summed E-state index contributed by atoms with van der Waals surface area (Å²) < 4.78 is 0. The lowest BCUT2D eigenvalue weighted by atomic mass is 9.97. The maximum atomic E-state index is 12.4. The van der Waals surface area contributed by atoms with Gasteiger partial charge in [0, 0.05) is 31.7 Å². The van der Waals surface area contributed by atoms with Crippen LogP contribution in [-0.4, -0.2) is 47.4 Å². The molecule has 0 saturated carbocycles. The number of benzene rings is 1. The molecule has 2 aliphatic rings. The third-order valence-corrected chi connectivity index (χ3v) is 4.80. The van der Waals surface area contributed by atoms with Crippen LogP contribution >= 0.6 is 0 Å². The maximum absolute atomic E-state index is 12.4. The van der Waals surface area contributed by atoms with Gasteiger partial charge in [-0.15, -0.1) is 0 Å². The number of likely N-dealkylation sites (tertiary alicyclic amines) is 1. The molecule has 2 fully saturated rings. The molecule has 2 aliphatic heterocycles. The monoisotopic (exact) mass is 330 g/mol. The van der Waals surface area contributed by atoms with Crippen LogP contribution in [0.4, 0.5) is 5.69 Å². The zero-order valence-corrected chi connectivity index (χ0v) is 13.6. The van der Waals surface area contributed by atoms with Gasteiger partial charge in [-0.05, 0) is 37.0 Å². The van der Waals surface area contributed by atoms with Crippen molar-refractivity contribution in [3.05, 3.63) is 29.8 Å². The zero-order chi connectivity index (χ0) is 17.1. The van der Waals surface area contributed by atoms with Gasteiger partial charge >= 0.3 is 5.97 Å². The van der Waals surface area contributed by atoms with Crippen molar-refractivity contribution in [1.82, 2.24) is 4.90 Å². The van der Waals surface area contributed by atoms with E-state index in [4.69, 9.17) is 5.11 Å². The van der Waals surface area contributed by atoms with E-state index < -0.39 is 11.9 Å². The van der Waals surface area contributed by atoms with Crippen LogP contribution in [-0.2, 0) is 20.8 Å². The normalized spacial score (nSPS) is 21.2. The number of piperidine rings is 1. The summed E-state index contributed by atoms with van der Waals surface area (Å²) >= 11 is 0. The van der Waals surface area contributed by atoms with E-state index in [1.54, 1.807) is 9.80 Å². The number of nitrogens with zero attached hydrogens (tertiary/aromatic N) is 2. The van der Waals surface area contributed by atoms with E-state index in [-0.39, 0.29) is 18.2 Å². The number of carbonyl (C=O) groups excluding carboxylic acids is 2. The highest BCUT2D eigenvalue weighted by Crippen LogP contribution is 2.22. The largest absolute Gasteiger partial charge is 0.481 e. The van der Waals surface area contributed by atoms with E-state index in [0.717, 1.165) is 30.6 Å². The Kier molecular flexibility index (Phi) is 4.83. The molecule has 0 radical (unpaired) electrons. The molecule has 1 N–H and O–H groups in total. The number of rotatable bonds is 4. The van der Waals surface area contributed by atoms with Crippen LogP contribution in [0.15, 0.2) is 24.3 Å². The molecule has 2 saturated heterocycles. The molecular formula is C18H22N2O4. The van der Waals surface area contributed by atoms with Crippen molar-refractivity contribution in [1.29, 1.82) is 0 Å². The third kappa shape index (κ3) is 3.58. The van der Waals surface area contributed by atoms with Crippen LogP contribution < -0.4 is 4.90 Å². The molecule has 128 valence electrons. The lowest BCUT2D eigenvalue weighted by Gasteiger charge is -2.30. The molecule has 6 nitrogen and oxygen atoms in total. The van der Waals surface area contributed by atoms with E-state index in [1.165, 1.54) is 0 Å². The van der Waals surface area contributed by atoms with Gasteiger partial charge in [0.1, 0.15) is 0 Å². The van der Waals surface area contributed by atoms with E-state index in [1.807, 2.05) is 24.3 Å². The summed E-state index contributed by atoms with van der Waals surface area (Å²) in [5.74, 6) is -1.17. The molecule has 0 bridgehead atoms. The second-order valence-corrected chi connectivity index (χ2v) is 6.51. The van der Waals surface area contributed by atoms with Crippen LogP contribution in [0.5, 0.6) is 0 Å². The van der Waals surface area contributed by atoms with E-state index in [2.05, 4.69) is 0 Å². The average molecular weight is 330 g/mol. The van der Waals surface area contributed by atoms with Gasteiger partial charge < -0.3 is 14.9 Å².